The number of aryl methyl sites for hydroxylation is 1. The fourth-order valence-corrected chi connectivity index (χ4v) is 1.54. The molecule has 0 aliphatic heterocycles. The van der Waals surface area contributed by atoms with Crippen LogP contribution in [-0.4, -0.2) is 23.9 Å². The minimum atomic E-state index is 1.05. The first-order valence-corrected chi connectivity index (χ1v) is 4.28. The predicted octanol–water partition coefficient (Wildman–Crippen LogP) is 1.64. The van der Waals surface area contributed by atoms with Gasteiger partial charge in [-0.2, -0.15) is 5.10 Å². The molecule has 0 radical (unpaired) electrons. The predicted molar refractivity (Wildman–Crippen MR) is 55.0 cm³/mol. The molecule has 0 aliphatic rings. The van der Waals surface area contributed by atoms with Crippen LogP contribution < -0.4 is 4.90 Å². The number of benzene rings is 1. The van der Waals surface area contributed by atoms with E-state index in [0.29, 0.717) is 0 Å². The minimum Gasteiger partial charge on any atom is -0.377 e. The highest BCUT2D eigenvalue weighted by atomic mass is 15.2. The van der Waals surface area contributed by atoms with Crippen molar-refractivity contribution in [2.24, 2.45) is 7.05 Å². The molecule has 0 unspecified atom stereocenters. The van der Waals surface area contributed by atoms with Crippen LogP contribution in [0.4, 0.5) is 5.69 Å². The van der Waals surface area contributed by atoms with Crippen LogP contribution in [0.3, 0.4) is 0 Å². The largest absolute Gasteiger partial charge is 0.377 e. The molecule has 2 aromatic rings. The lowest BCUT2D eigenvalue weighted by Gasteiger charge is -2.12. The lowest BCUT2D eigenvalue weighted by atomic mass is 10.2. The average Bonchev–Trinajstić information content (AvgIpc) is 2.43. The molecule has 0 fully saturated rings. The van der Waals surface area contributed by atoms with Crippen LogP contribution in [-0.2, 0) is 7.05 Å². The van der Waals surface area contributed by atoms with E-state index in [1.807, 2.05) is 44.2 Å². The van der Waals surface area contributed by atoms with Crippen LogP contribution >= 0.6 is 0 Å². The first-order valence-electron chi connectivity index (χ1n) is 4.28. The number of rotatable bonds is 1. The van der Waals surface area contributed by atoms with Gasteiger partial charge in [-0.05, 0) is 12.1 Å². The Labute approximate surface area is 77.6 Å². The number of nitrogens with zero attached hydrogens (tertiary/aromatic N) is 3. The molecular weight excluding hydrogens is 162 g/mol. The third-order valence-electron chi connectivity index (χ3n) is 2.12. The van der Waals surface area contributed by atoms with Crippen LogP contribution in [0.2, 0.25) is 0 Å². The molecule has 3 nitrogen and oxygen atoms in total. The zero-order valence-electron chi connectivity index (χ0n) is 8.15. The minimum absolute atomic E-state index is 1.05. The first-order chi connectivity index (χ1) is 6.18. The fourth-order valence-electron chi connectivity index (χ4n) is 1.54. The Bertz CT molecular complexity index is 429. The Hall–Kier alpha value is -1.51. The van der Waals surface area contributed by atoms with E-state index in [9.17, 15) is 0 Å². The molecule has 0 saturated heterocycles. The van der Waals surface area contributed by atoms with Gasteiger partial charge in [0.25, 0.3) is 0 Å². The molecule has 1 heterocycles. The SMILES string of the molecule is CN(C)c1cccc2nn(C)cc12. The molecule has 0 saturated carbocycles. The Morgan fingerprint density at radius 3 is 2.77 bits per heavy atom. The van der Waals surface area contributed by atoms with Crippen molar-refractivity contribution in [3.63, 3.8) is 0 Å². The van der Waals surface area contributed by atoms with Gasteiger partial charge in [-0.3, -0.25) is 4.68 Å². The molecule has 0 amide bonds. The summed E-state index contributed by atoms with van der Waals surface area (Å²) in [6.45, 7) is 0. The van der Waals surface area contributed by atoms with Crippen LogP contribution in [0.25, 0.3) is 10.9 Å². The van der Waals surface area contributed by atoms with Crippen LogP contribution in [0.15, 0.2) is 24.4 Å². The van der Waals surface area contributed by atoms with Crippen LogP contribution in [0.1, 0.15) is 0 Å². The molecule has 0 bridgehead atoms. The van der Waals surface area contributed by atoms with E-state index < -0.39 is 0 Å². The molecule has 3 heteroatoms. The average molecular weight is 175 g/mol. The summed E-state index contributed by atoms with van der Waals surface area (Å²) in [6, 6.07) is 6.16. The monoisotopic (exact) mass is 175 g/mol. The standard InChI is InChI=1S/C10H13N3/c1-12(2)10-6-4-5-9-8(10)7-13(3)11-9/h4-7H,1-3H3. The highest BCUT2D eigenvalue weighted by Gasteiger charge is 2.04. The van der Waals surface area contributed by atoms with E-state index in [1.54, 1.807) is 0 Å². The summed E-state index contributed by atoms with van der Waals surface area (Å²) in [4.78, 5) is 2.10. The zero-order valence-corrected chi connectivity index (χ0v) is 8.15. The van der Waals surface area contributed by atoms with Gasteiger partial charge in [0.2, 0.25) is 0 Å². The van der Waals surface area contributed by atoms with E-state index >= 15 is 0 Å². The molecule has 13 heavy (non-hydrogen) atoms. The van der Waals surface area contributed by atoms with Gasteiger partial charge < -0.3 is 4.90 Å². The third kappa shape index (κ3) is 1.26. The van der Waals surface area contributed by atoms with Crippen molar-refractivity contribution in [2.75, 3.05) is 19.0 Å². The topological polar surface area (TPSA) is 21.1 Å². The van der Waals surface area contributed by atoms with Gasteiger partial charge in [0.15, 0.2) is 0 Å². The summed E-state index contributed by atoms with van der Waals surface area (Å²) in [5, 5.41) is 5.55. The normalized spacial score (nSPS) is 10.7. The molecule has 0 spiro atoms. The van der Waals surface area contributed by atoms with Gasteiger partial charge in [-0.25, -0.2) is 0 Å². The van der Waals surface area contributed by atoms with Crippen molar-refractivity contribution in [3.8, 4) is 0 Å². The van der Waals surface area contributed by atoms with E-state index in [1.165, 1.54) is 11.1 Å². The second kappa shape index (κ2) is 2.76. The molecule has 0 N–H and O–H groups in total. The second-order valence-corrected chi connectivity index (χ2v) is 3.41. The quantitative estimate of drug-likeness (QED) is 0.657. The maximum Gasteiger partial charge on any atom is 0.0944 e. The number of fused-ring (bicyclic) bond motifs is 1. The van der Waals surface area contributed by atoms with Gasteiger partial charge in [0.05, 0.1) is 5.52 Å². The molecule has 0 atom stereocenters. The highest BCUT2D eigenvalue weighted by molar-refractivity contribution is 5.91. The van der Waals surface area contributed by atoms with Gasteiger partial charge in [0, 0.05) is 38.4 Å². The summed E-state index contributed by atoms with van der Waals surface area (Å²) in [6.07, 6.45) is 2.05. The molecule has 2 rings (SSSR count). The van der Waals surface area contributed by atoms with E-state index in [4.69, 9.17) is 0 Å². The van der Waals surface area contributed by atoms with Gasteiger partial charge >= 0.3 is 0 Å². The summed E-state index contributed by atoms with van der Waals surface area (Å²) in [5.41, 5.74) is 2.26. The molecule has 1 aromatic heterocycles. The van der Waals surface area contributed by atoms with Crippen molar-refractivity contribution in [3.05, 3.63) is 24.4 Å². The van der Waals surface area contributed by atoms with Gasteiger partial charge in [-0.1, -0.05) is 6.07 Å². The Morgan fingerprint density at radius 1 is 1.31 bits per heavy atom. The summed E-state index contributed by atoms with van der Waals surface area (Å²) < 4.78 is 1.84. The second-order valence-electron chi connectivity index (χ2n) is 3.41. The zero-order chi connectivity index (χ0) is 9.42. The van der Waals surface area contributed by atoms with Crippen molar-refractivity contribution >= 4 is 16.6 Å². The molecular formula is C10H13N3. The maximum absolute atomic E-state index is 4.35. The number of anilines is 1. The summed E-state index contributed by atoms with van der Waals surface area (Å²) in [7, 11) is 6.03. The Morgan fingerprint density at radius 2 is 2.08 bits per heavy atom. The van der Waals surface area contributed by atoms with Crippen molar-refractivity contribution < 1.29 is 0 Å². The third-order valence-corrected chi connectivity index (χ3v) is 2.12. The van der Waals surface area contributed by atoms with Gasteiger partial charge in [-0.15, -0.1) is 0 Å². The maximum atomic E-state index is 4.35. The summed E-state index contributed by atoms with van der Waals surface area (Å²) >= 11 is 0. The lowest BCUT2D eigenvalue weighted by Crippen LogP contribution is -2.08. The highest BCUT2D eigenvalue weighted by Crippen LogP contribution is 2.23. The fraction of sp³-hybridized carbons (Fsp3) is 0.300. The number of hydrogen-bond donors (Lipinski definition) is 0. The van der Waals surface area contributed by atoms with Crippen molar-refractivity contribution in [1.82, 2.24) is 9.78 Å². The number of hydrogen-bond acceptors (Lipinski definition) is 2. The van der Waals surface area contributed by atoms with Crippen molar-refractivity contribution in [2.45, 2.75) is 0 Å². The van der Waals surface area contributed by atoms with Crippen LogP contribution in [0.5, 0.6) is 0 Å². The first kappa shape index (κ1) is 8.10. The molecule has 68 valence electrons. The van der Waals surface area contributed by atoms with Gasteiger partial charge in [0.1, 0.15) is 0 Å². The lowest BCUT2D eigenvalue weighted by molar-refractivity contribution is 0.780. The van der Waals surface area contributed by atoms with E-state index in [2.05, 4.69) is 16.1 Å². The molecule has 1 aromatic carbocycles. The Kier molecular flexibility index (Phi) is 1.72. The van der Waals surface area contributed by atoms with Crippen molar-refractivity contribution in [1.29, 1.82) is 0 Å². The smallest absolute Gasteiger partial charge is 0.0944 e. The van der Waals surface area contributed by atoms with E-state index in [0.717, 1.165) is 5.52 Å². The summed E-state index contributed by atoms with van der Waals surface area (Å²) in [5.74, 6) is 0. The molecule has 0 aliphatic carbocycles. The Balaban J connectivity index is 2.75. The van der Waals surface area contributed by atoms with Crippen LogP contribution in [0, 0.1) is 0 Å². The van der Waals surface area contributed by atoms with E-state index in [-0.39, 0.29) is 0 Å². The number of aromatic nitrogens is 2.